The third-order valence-corrected chi connectivity index (χ3v) is 2.59. The van der Waals surface area contributed by atoms with Crippen LogP contribution in [-0.4, -0.2) is 5.78 Å². The van der Waals surface area contributed by atoms with E-state index >= 15 is 0 Å². The Kier molecular flexibility index (Phi) is 2.53. The van der Waals surface area contributed by atoms with Crippen molar-refractivity contribution in [3.63, 3.8) is 0 Å². The van der Waals surface area contributed by atoms with Gasteiger partial charge in [-0.25, -0.2) is 0 Å². The second-order valence-electron chi connectivity index (χ2n) is 4.10. The number of nitrogen functional groups attached to an aromatic ring is 1. The van der Waals surface area contributed by atoms with Crippen LogP contribution in [0.15, 0.2) is 24.3 Å². The van der Waals surface area contributed by atoms with Gasteiger partial charge in [-0.05, 0) is 36.5 Å². The monoisotopic (exact) mass is 189 g/mol. The van der Waals surface area contributed by atoms with Gasteiger partial charge in [0, 0.05) is 18.5 Å². The predicted octanol–water partition coefficient (Wildman–Crippen LogP) is 2.18. The summed E-state index contributed by atoms with van der Waals surface area (Å²) < 4.78 is 0. The zero-order chi connectivity index (χ0) is 9.97. The molecule has 0 atom stereocenters. The number of hydrogen-bond donors (Lipinski definition) is 1. The molecule has 0 bridgehead atoms. The lowest BCUT2D eigenvalue weighted by Crippen LogP contribution is -2.03. The molecule has 2 nitrogen and oxygen atoms in total. The summed E-state index contributed by atoms with van der Waals surface area (Å²) in [7, 11) is 0. The van der Waals surface area contributed by atoms with Gasteiger partial charge >= 0.3 is 0 Å². The summed E-state index contributed by atoms with van der Waals surface area (Å²) in [4.78, 5) is 11.5. The van der Waals surface area contributed by atoms with Crippen LogP contribution in [0.25, 0.3) is 0 Å². The van der Waals surface area contributed by atoms with Crippen molar-refractivity contribution in [1.29, 1.82) is 0 Å². The highest BCUT2D eigenvalue weighted by atomic mass is 16.1. The van der Waals surface area contributed by atoms with E-state index in [1.165, 1.54) is 12.8 Å². The predicted molar refractivity (Wildman–Crippen MR) is 56.9 cm³/mol. The van der Waals surface area contributed by atoms with Crippen molar-refractivity contribution >= 4 is 11.5 Å². The highest BCUT2D eigenvalue weighted by Gasteiger charge is 2.23. The summed E-state index contributed by atoms with van der Waals surface area (Å²) in [5, 5.41) is 0. The van der Waals surface area contributed by atoms with Gasteiger partial charge in [-0.3, -0.25) is 4.79 Å². The fourth-order valence-electron chi connectivity index (χ4n) is 1.58. The average molecular weight is 189 g/mol. The smallest absolute Gasteiger partial charge is 0.137 e. The standard InChI is InChI=1S/C12H15NO/c13-11-5-3-10(4-6-11)8-12(14)7-9-1-2-9/h3-6,9H,1-2,7-8,13H2. The number of carbonyl (C=O) groups excluding carboxylic acids is 1. The summed E-state index contributed by atoms with van der Waals surface area (Å²) in [6, 6.07) is 7.56. The molecule has 2 N–H and O–H groups in total. The normalized spacial score (nSPS) is 15.4. The van der Waals surface area contributed by atoms with E-state index < -0.39 is 0 Å². The molecule has 2 heteroatoms. The van der Waals surface area contributed by atoms with Crippen molar-refractivity contribution < 1.29 is 4.79 Å². The largest absolute Gasteiger partial charge is 0.399 e. The molecule has 1 fully saturated rings. The Morgan fingerprint density at radius 2 is 1.93 bits per heavy atom. The van der Waals surface area contributed by atoms with Crippen LogP contribution in [0.2, 0.25) is 0 Å². The number of anilines is 1. The fourth-order valence-corrected chi connectivity index (χ4v) is 1.58. The molecule has 0 saturated heterocycles. The Bertz CT molecular complexity index is 325. The molecule has 1 aromatic carbocycles. The number of benzene rings is 1. The van der Waals surface area contributed by atoms with Crippen LogP contribution in [-0.2, 0) is 11.2 Å². The van der Waals surface area contributed by atoms with Gasteiger partial charge in [-0.1, -0.05) is 12.1 Å². The lowest BCUT2D eigenvalue weighted by atomic mass is 10.1. The third-order valence-electron chi connectivity index (χ3n) is 2.59. The maximum atomic E-state index is 11.5. The minimum Gasteiger partial charge on any atom is -0.399 e. The Hall–Kier alpha value is -1.31. The van der Waals surface area contributed by atoms with E-state index in [9.17, 15) is 4.79 Å². The van der Waals surface area contributed by atoms with Crippen molar-refractivity contribution in [3.8, 4) is 0 Å². The molecule has 1 saturated carbocycles. The maximum Gasteiger partial charge on any atom is 0.137 e. The lowest BCUT2D eigenvalue weighted by Gasteiger charge is -2.00. The van der Waals surface area contributed by atoms with E-state index in [-0.39, 0.29) is 0 Å². The summed E-state index contributed by atoms with van der Waals surface area (Å²) >= 11 is 0. The maximum absolute atomic E-state index is 11.5. The van der Waals surface area contributed by atoms with Crippen molar-refractivity contribution in [1.82, 2.24) is 0 Å². The average Bonchev–Trinajstić information content (AvgIpc) is 2.93. The summed E-state index contributed by atoms with van der Waals surface area (Å²) in [6.07, 6.45) is 3.82. The number of rotatable bonds is 4. The van der Waals surface area contributed by atoms with Crippen LogP contribution in [0.3, 0.4) is 0 Å². The Balaban J connectivity index is 1.89. The van der Waals surface area contributed by atoms with Gasteiger partial charge in [0.05, 0.1) is 0 Å². The number of Topliss-reactive ketones (excluding diaryl/α,β-unsaturated/α-hetero) is 1. The molecule has 1 aromatic rings. The molecule has 0 spiro atoms. The van der Waals surface area contributed by atoms with Crippen molar-refractivity contribution in [3.05, 3.63) is 29.8 Å². The molecular weight excluding hydrogens is 174 g/mol. The first-order chi connectivity index (χ1) is 6.74. The van der Waals surface area contributed by atoms with Gasteiger partial charge in [0.15, 0.2) is 0 Å². The van der Waals surface area contributed by atoms with Crippen LogP contribution in [0.4, 0.5) is 5.69 Å². The molecular formula is C12H15NO. The van der Waals surface area contributed by atoms with Crippen molar-refractivity contribution in [2.75, 3.05) is 5.73 Å². The first-order valence-corrected chi connectivity index (χ1v) is 5.10. The summed E-state index contributed by atoms with van der Waals surface area (Å²) in [6.45, 7) is 0. The molecule has 0 aromatic heterocycles. The van der Waals surface area contributed by atoms with Crippen LogP contribution in [0.5, 0.6) is 0 Å². The fraction of sp³-hybridized carbons (Fsp3) is 0.417. The number of nitrogens with two attached hydrogens (primary N) is 1. The van der Waals surface area contributed by atoms with Crippen LogP contribution in [0.1, 0.15) is 24.8 Å². The second-order valence-corrected chi connectivity index (χ2v) is 4.10. The van der Waals surface area contributed by atoms with Gasteiger partial charge in [0.25, 0.3) is 0 Å². The van der Waals surface area contributed by atoms with E-state index in [4.69, 9.17) is 5.73 Å². The van der Waals surface area contributed by atoms with E-state index in [0.29, 0.717) is 18.1 Å². The number of ketones is 1. The zero-order valence-corrected chi connectivity index (χ0v) is 8.20. The van der Waals surface area contributed by atoms with Gasteiger partial charge in [-0.2, -0.15) is 0 Å². The third kappa shape index (κ3) is 2.59. The van der Waals surface area contributed by atoms with E-state index in [2.05, 4.69) is 0 Å². The first-order valence-electron chi connectivity index (χ1n) is 5.10. The van der Waals surface area contributed by atoms with Crippen LogP contribution >= 0.6 is 0 Å². The topological polar surface area (TPSA) is 43.1 Å². The summed E-state index contributed by atoms with van der Waals surface area (Å²) in [5.41, 5.74) is 7.39. The second kappa shape index (κ2) is 3.82. The van der Waals surface area contributed by atoms with Gasteiger partial charge in [0.2, 0.25) is 0 Å². The highest BCUT2D eigenvalue weighted by molar-refractivity contribution is 5.81. The highest BCUT2D eigenvalue weighted by Crippen LogP contribution is 2.32. The van der Waals surface area contributed by atoms with Gasteiger partial charge < -0.3 is 5.73 Å². The molecule has 1 aliphatic carbocycles. The molecule has 0 unspecified atom stereocenters. The van der Waals surface area contributed by atoms with Crippen molar-refractivity contribution in [2.45, 2.75) is 25.7 Å². The quantitative estimate of drug-likeness (QED) is 0.738. The molecule has 0 radical (unpaired) electrons. The molecule has 74 valence electrons. The molecule has 1 aliphatic rings. The Morgan fingerprint density at radius 1 is 1.29 bits per heavy atom. The molecule has 0 heterocycles. The van der Waals surface area contributed by atoms with Gasteiger partial charge in [0.1, 0.15) is 5.78 Å². The minimum atomic E-state index is 0.359. The molecule has 2 rings (SSSR count). The first kappa shape index (κ1) is 9.25. The van der Waals surface area contributed by atoms with Crippen LogP contribution < -0.4 is 5.73 Å². The van der Waals surface area contributed by atoms with E-state index in [0.717, 1.165) is 17.7 Å². The lowest BCUT2D eigenvalue weighted by molar-refractivity contribution is -0.118. The summed E-state index contributed by atoms with van der Waals surface area (Å²) in [5.74, 6) is 1.05. The molecule has 0 amide bonds. The Morgan fingerprint density at radius 3 is 2.50 bits per heavy atom. The van der Waals surface area contributed by atoms with E-state index in [1.807, 2.05) is 24.3 Å². The zero-order valence-electron chi connectivity index (χ0n) is 8.20. The van der Waals surface area contributed by atoms with Crippen LogP contribution in [0, 0.1) is 5.92 Å². The molecule has 14 heavy (non-hydrogen) atoms. The molecule has 0 aliphatic heterocycles. The van der Waals surface area contributed by atoms with Gasteiger partial charge in [-0.15, -0.1) is 0 Å². The minimum absolute atomic E-state index is 0.359. The number of carbonyl (C=O) groups is 1. The SMILES string of the molecule is Nc1ccc(CC(=O)CC2CC2)cc1. The van der Waals surface area contributed by atoms with E-state index in [1.54, 1.807) is 0 Å². The Labute approximate surface area is 84.1 Å². The van der Waals surface area contributed by atoms with Crippen molar-refractivity contribution in [2.24, 2.45) is 5.92 Å². The number of hydrogen-bond acceptors (Lipinski definition) is 2.